The predicted molar refractivity (Wildman–Crippen MR) is 83.3 cm³/mol. The third kappa shape index (κ3) is 2.33. The summed E-state index contributed by atoms with van der Waals surface area (Å²) in [7, 11) is 0. The maximum absolute atomic E-state index is 13.5. The fraction of sp³-hybridized carbons (Fsp3) is 0.105. The molecule has 1 nitrogen and oxygen atoms in total. The monoisotopic (exact) mass is 278 g/mol. The zero-order chi connectivity index (χ0) is 15.0. The predicted octanol–water partition coefficient (Wildman–Crippen LogP) is 4.83. The van der Waals surface area contributed by atoms with Gasteiger partial charge in [0.1, 0.15) is 5.82 Å². The van der Waals surface area contributed by atoms with Crippen molar-refractivity contribution in [2.75, 3.05) is 0 Å². The highest BCUT2D eigenvalue weighted by Crippen LogP contribution is 2.26. The standard InChI is InChI=1S/C19H15FO/c1-12-8-10-15(20)11-17(12)19(21)18-13(2)7-9-14-5-3-4-6-16(14)18/h3-11H,1-2H3. The number of ketones is 1. The summed E-state index contributed by atoms with van der Waals surface area (Å²) in [6.45, 7) is 3.74. The highest BCUT2D eigenvalue weighted by molar-refractivity contribution is 6.17. The van der Waals surface area contributed by atoms with E-state index in [4.69, 9.17) is 0 Å². The van der Waals surface area contributed by atoms with Crippen LogP contribution in [0.1, 0.15) is 27.0 Å². The van der Waals surface area contributed by atoms with Crippen LogP contribution in [-0.4, -0.2) is 5.78 Å². The number of rotatable bonds is 2. The van der Waals surface area contributed by atoms with Gasteiger partial charge in [0, 0.05) is 11.1 Å². The van der Waals surface area contributed by atoms with Gasteiger partial charge in [-0.15, -0.1) is 0 Å². The lowest BCUT2D eigenvalue weighted by atomic mass is 9.91. The number of hydrogen-bond acceptors (Lipinski definition) is 1. The fourth-order valence-corrected chi connectivity index (χ4v) is 2.66. The first-order valence-corrected chi connectivity index (χ1v) is 6.87. The van der Waals surface area contributed by atoms with E-state index in [1.165, 1.54) is 12.1 Å². The van der Waals surface area contributed by atoms with Gasteiger partial charge in [0.2, 0.25) is 0 Å². The smallest absolute Gasteiger partial charge is 0.194 e. The minimum Gasteiger partial charge on any atom is -0.289 e. The molecular formula is C19H15FO. The third-order valence-electron chi connectivity index (χ3n) is 3.81. The van der Waals surface area contributed by atoms with Gasteiger partial charge in [-0.3, -0.25) is 4.79 Å². The molecule has 0 saturated heterocycles. The van der Waals surface area contributed by atoms with Crippen molar-refractivity contribution >= 4 is 16.6 Å². The third-order valence-corrected chi connectivity index (χ3v) is 3.81. The molecule has 0 saturated carbocycles. The van der Waals surface area contributed by atoms with Crippen LogP contribution < -0.4 is 0 Å². The zero-order valence-corrected chi connectivity index (χ0v) is 12.0. The molecule has 0 atom stereocenters. The van der Waals surface area contributed by atoms with Crippen molar-refractivity contribution in [3.63, 3.8) is 0 Å². The summed E-state index contributed by atoms with van der Waals surface area (Å²) in [5.41, 5.74) is 2.77. The Morgan fingerprint density at radius 2 is 1.62 bits per heavy atom. The molecular weight excluding hydrogens is 263 g/mol. The Morgan fingerprint density at radius 1 is 0.905 bits per heavy atom. The summed E-state index contributed by atoms with van der Waals surface area (Å²) in [4.78, 5) is 12.9. The Bertz CT molecular complexity index is 849. The zero-order valence-electron chi connectivity index (χ0n) is 12.0. The van der Waals surface area contributed by atoms with Crippen molar-refractivity contribution in [1.82, 2.24) is 0 Å². The molecule has 21 heavy (non-hydrogen) atoms. The van der Waals surface area contributed by atoms with E-state index >= 15 is 0 Å². The Labute approximate surface area is 123 Å². The van der Waals surface area contributed by atoms with Crippen LogP contribution in [0.25, 0.3) is 10.8 Å². The molecule has 0 bridgehead atoms. The van der Waals surface area contributed by atoms with Gasteiger partial charge in [-0.25, -0.2) is 4.39 Å². The quantitative estimate of drug-likeness (QED) is 0.614. The first-order valence-electron chi connectivity index (χ1n) is 6.87. The number of aryl methyl sites for hydroxylation is 2. The Morgan fingerprint density at radius 3 is 2.43 bits per heavy atom. The van der Waals surface area contributed by atoms with Crippen molar-refractivity contribution in [3.8, 4) is 0 Å². The molecule has 2 heteroatoms. The molecule has 0 fully saturated rings. The molecule has 0 aliphatic heterocycles. The number of benzene rings is 3. The lowest BCUT2D eigenvalue weighted by Gasteiger charge is -2.11. The van der Waals surface area contributed by atoms with Gasteiger partial charge in [0.15, 0.2) is 5.78 Å². The van der Waals surface area contributed by atoms with Gasteiger partial charge in [-0.05, 0) is 47.9 Å². The molecule has 0 unspecified atom stereocenters. The topological polar surface area (TPSA) is 17.1 Å². The van der Waals surface area contributed by atoms with E-state index in [-0.39, 0.29) is 11.6 Å². The summed E-state index contributed by atoms with van der Waals surface area (Å²) in [6.07, 6.45) is 0. The highest BCUT2D eigenvalue weighted by atomic mass is 19.1. The molecule has 0 N–H and O–H groups in total. The normalized spacial score (nSPS) is 10.8. The molecule has 3 rings (SSSR count). The molecule has 0 aliphatic carbocycles. The minimum atomic E-state index is -0.387. The maximum Gasteiger partial charge on any atom is 0.194 e. The van der Waals surface area contributed by atoms with Crippen LogP contribution in [0.2, 0.25) is 0 Å². The van der Waals surface area contributed by atoms with Gasteiger partial charge in [0.05, 0.1) is 0 Å². The number of hydrogen-bond donors (Lipinski definition) is 0. The molecule has 0 amide bonds. The average molecular weight is 278 g/mol. The van der Waals surface area contributed by atoms with Gasteiger partial charge in [-0.1, -0.05) is 42.5 Å². The van der Waals surface area contributed by atoms with Crippen LogP contribution >= 0.6 is 0 Å². The second-order valence-electron chi connectivity index (χ2n) is 5.27. The summed E-state index contributed by atoms with van der Waals surface area (Å²) in [5, 5.41) is 1.92. The molecule has 3 aromatic carbocycles. The van der Waals surface area contributed by atoms with Crippen LogP contribution in [0, 0.1) is 19.7 Å². The van der Waals surface area contributed by atoms with Gasteiger partial charge >= 0.3 is 0 Å². The van der Waals surface area contributed by atoms with E-state index in [2.05, 4.69) is 0 Å². The number of carbonyl (C=O) groups is 1. The van der Waals surface area contributed by atoms with Crippen LogP contribution in [0.5, 0.6) is 0 Å². The fourth-order valence-electron chi connectivity index (χ4n) is 2.66. The highest BCUT2D eigenvalue weighted by Gasteiger charge is 2.17. The molecule has 0 heterocycles. The second-order valence-corrected chi connectivity index (χ2v) is 5.27. The van der Waals surface area contributed by atoms with E-state index in [0.29, 0.717) is 11.1 Å². The van der Waals surface area contributed by atoms with E-state index in [0.717, 1.165) is 21.9 Å². The largest absolute Gasteiger partial charge is 0.289 e. The van der Waals surface area contributed by atoms with Crippen LogP contribution in [0.15, 0.2) is 54.6 Å². The van der Waals surface area contributed by atoms with Crippen LogP contribution in [-0.2, 0) is 0 Å². The van der Waals surface area contributed by atoms with Gasteiger partial charge in [0.25, 0.3) is 0 Å². The van der Waals surface area contributed by atoms with Crippen molar-refractivity contribution in [3.05, 3.63) is 82.7 Å². The molecule has 104 valence electrons. The van der Waals surface area contributed by atoms with Crippen molar-refractivity contribution in [1.29, 1.82) is 0 Å². The number of halogens is 1. The summed E-state index contributed by atoms with van der Waals surface area (Å²) >= 11 is 0. The molecule has 0 aliphatic rings. The molecule has 0 aromatic heterocycles. The summed E-state index contributed by atoms with van der Waals surface area (Å²) in [5.74, 6) is -0.511. The van der Waals surface area contributed by atoms with E-state index < -0.39 is 0 Å². The average Bonchev–Trinajstić information content (AvgIpc) is 2.49. The maximum atomic E-state index is 13.5. The van der Waals surface area contributed by atoms with Crippen molar-refractivity contribution in [2.45, 2.75) is 13.8 Å². The molecule has 0 spiro atoms. The van der Waals surface area contributed by atoms with E-state index in [9.17, 15) is 9.18 Å². The van der Waals surface area contributed by atoms with Crippen LogP contribution in [0.3, 0.4) is 0 Å². The number of fused-ring (bicyclic) bond motifs is 1. The second kappa shape index (κ2) is 5.13. The SMILES string of the molecule is Cc1ccc(F)cc1C(=O)c1c(C)ccc2ccccc12. The lowest BCUT2D eigenvalue weighted by Crippen LogP contribution is -2.07. The number of carbonyl (C=O) groups excluding carboxylic acids is 1. The Balaban J connectivity index is 2.27. The first kappa shape index (κ1) is 13.5. The lowest BCUT2D eigenvalue weighted by molar-refractivity contribution is 0.103. The van der Waals surface area contributed by atoms with Crippen LogP contribution in [0.4, 0.5) is 4.39 Å². The first-order chi connectivity index (χ1) is 10.1. The van der Waals surface area contributed by atoms with Gasteiger partial charge < -0.3 is 0 Å². The van der Waals surface area contributed by atoms with E-state index in [1.54, 1.807) is 6.07 Å². The van der Waals surface area contributed by atoms with Crippen molar-refractivity contribution < 1.29 is 9.18 Å². The summed E-state index contributed by atoms with van der Waals surface area (Å²) < 4.78 is 13.5. The van der Waals surface area contributed by atoms with Crippen molar-refractivity contribution in [2.24, 2.45) is 0 Å². The van der Waals surface area contributed by atoms with Gasteiger partial charge in [-0.2, -0.15) is 0 Å². The molecule has 3 aromatic rings. The van der Waals surface area contributed by atoms with E-state index in [1.807, 2.05) is 50.2 Å². The minimum absolute atomic E-state index is 0.124. The summed E-state index contributed by atoms with van der Waals surface area (Å²) in [6, 6.07) is 16.0. The Kier molecular flexibility index (Phi) is 3.30. The molecule has 0 radical (unpaired) electrons. The Hall–Kier alpha value is -2.48.